The Morgan fingerprint density at radius 2 is 2.19 bits per heavy atom. The van der Waals surface area contributed by atoms with E-state index in [1.165, 1.54) is 4.31 Å². The first-order valence-corrected chi connectivity index (χ1v) is 9.02. The van der Waals surface area contributed by atoms with E-state index in [4.69, 9.17) is 5.11 Å². The number of halogens is 1. The van der Waals surface area contributed by atoms with Crippen molar-refractivity contribution in [1.82, 2.24) is 4.31 Å². The average Bonchev–Trinajstić information content (AvgIpc) is 2.41. The highest BCUT2D eigenvalue weighted by Crippen LogP contribution is 2.27. The molecule has 1 aromatic carbocycles. The SMILES string of the molecule is Cc1cc(S(=O)(=O)N2CCCC(CC(=O)O)C2)ccc1Br. The highest BCUT2D eigenvalue weighted by atomic mass is 79.9. The highest BCUT2D eigenvalue weighted by molar-refractivity contribution is 9.10. The lowest BCUT2D eigenvalue weighted by Gasteiger charge is -2.31. The van der Waals surface area contributed by atoms with Gasteiger partial charge in [0.2, 0.25) is 10.0 Å². The highest BCUT2D eigenvalue weighted by Gasteiger charge is 2.31. The summed E-state index contributed by atoms with van der Waals surface area (Å²) in [6.45, 7) is 2.57. The van der Waals surface area contributed by atoms with Crippen LogP contribution in [0.5, 0.6) is 0 Å². The first-order chi connectivity index (χ1) is 9.80. The molecule has 0 spiro atoms. The maximum Gasteiger partial charge on any atom is 0.303 e. The lowest BCUT2D eigenvalue weighted by atomic mass is 9.96. The summed E-state index contributed by atoms with van der Waals surface area (Å²) < 4.78 is 27.6. The summed E-state index contributed by atoms with van der Waals surface area (Å²) in [6.07, 6.45) is 1.48. The number of sulfonamides is 1. The van der Waals surface area contributed by atoms with Crippen molar-refractivity contribution in [3.05, 3.63) is 28.2 Å². The summed E-state index contributed by atoms with van der Waals surface area (Å²) in [7, 11) is -3.55. The normalized spacial score (nSPS) is 20.4. The maximum absolute atomic E-state index is 12.6. The maximum atomic E-state index is 12.6. The second kappa shape index (κ2) is 6.46. The molecule has 1 saturated heterocycles. The lowest BCUT2D eigenvalue weighted by Crippen LogP contribution is -2.40. The molecule has 1 heterocycles. The number of nitrogens with zero attached hydrogens (tertiary/aromatic N) is 1. The van der Waals surface area contributed by atoms with Gasteiger partial charge in [0.05, 0.1) is 4.90 Å². The van der Waals surface area contributed by atoms with Crippen LogP contribution in [0.3, 0.4) is 0 Å². The van der Waals surface area contributed by atoms with Gasteiger partial charge in [0, 0.05) is 24.0 Å². The van der Waals surface area contributed by atoms with Crippen molar-refractivity contribution in [2.75, 3.05) is 13.1 Å². The van der Waals surface area contributed by atoms with Gasteiger partial charge < -0.3 is 5.11 Å². The van der Waals surface area contributed by atoms with Crippen LogP contribution in [0.4, 0.5) is 0 Å². The van der Waals surface area contributed by atoms with Crippen molar-refractivity contribution < 1.29 is 18.3 Å². The molecule has 1 atom stereocenters. The second-order valence-electron chi connectivity index (χ2n) is 5.38. The second-order valence-corrected chi connectivity index (χ2v) is 8.17. The molecular weight excluding hydrogens is 358 g/mol. The number of benzene rings is 1. The fourth-order valence-electron chi connectivity index (χ4n) is 2.59. The zero-order chi connectivity index (χ0) is 15.6. The molecule has 0 bridgehead atoms. The van der Waals surface area contributed by atoms with Gasteiger partial charge in [0.25, 0.3) is 0 Å². The van der Waals surface area contributed by atoms with Crippen LogP contribution in [0.1, 0.15) is 24.8 Å². The Bertz CT molecular complexity index is 644. The van der Waals surface area contributed by atoms with Crippen LogP contribution in [-0.2, 0) is 14.8 Å². The number of carbonyl (C=O) groups is 1. The molecule has 0 saturated carbocycles. The third kappa shape index (κ3) is 3.84. The topological polar surface area (TPSA) is 74.7 Å². The monoisotopic (exact) mass is 375 g/mol. The van der Waals surface area contributed by atoms with Crippen molar-refractivity contribution in [2.24, 2.45) is 5.92 Å². The van der Waals surface area contributed by atoms with E-state index in [0.717, 1.165) is 16.5 Å². The molecule has 1 N–H and O–H groups in total. The predicted octanol–water partition coefficient (Wildman–Crippen LogP) is 2.63. The first kappa shape index (κ1) is 16.5. The molecule has 0 amide bonds. The first-order valence-electron chi connectivity index (χ1n) is 6.79. The van der Waals surface area contributed by atoms with Crippen molar-refractivity contribution in [1.29, 1.82) is 0 Å². The van der Waals surface area contributed by atoms with Gasteiger partial charge in [-0.3, -0.25) is 4.79 Å². The Kier molecular flexibility index (Phi) is 5.06. The van der Waals surface area contributed by atoms with Gasteiger partial charge in [-0.25, -0.2) is 8.42 Å². The summed E-state index contributed by atoms with van der Waals surface area (Å²) in [6, 6.07) is 4.94. The summed E-state index contributed by atoms with van der Waals surface area (Å²) >= 11 is 3.36. The fourth-order valence-corrected chi connectivity index (χ4v) is 4.47. The zero-order valence-electron chi connectivity index (χ0n) is 11.8. The third-order valence-electron chi connectivity index (χ3n) is 3.71. The largest absolute Gasteiger partial charge is 0.481 e. The molecule has 1 aromatic rings. The smallest absolute Gasteiger partial charge is 0.303 e. The van der Waals surface area contributed by atoms with E-state index in [0.29, 0.717) is 13.0 Å². The van der Waals surface area contributed by atoms with Crippen molar-refractivity contribution >= 4 is 31.9 Å². The van der Waals surface area contributed by atoms with Crippen LogP contribution < -0.4 is 0 Å². The minimum atomic E-state index is -3.55. The van der Waals surface area contributed by atoms with Crippen LogP contribution in [0.25, 0.3) is 0 Å². The molecule has 0 radical (unpaired) electrons. The molecule has 7 heteroatoms. The molecular formula is C14H18BrNO4S. The lowest BCUT2D eigenvalue weighted by molar-refractivity contribution is -0.138. The quantitative estimate of drug-likeness (QED) is 0.877. The number of piperidine rings is 1. The summed E-state index contributed by atoms with van der Waals surface area (Å²) in [5.41, 5.74) is 0.857. The molecule has 1 aliphatic rings. The molecule has 1 unspecified atom stereocenters. The molecule has 1 fully saturated rings. The van der Waals surface area contributed by atoms with E-state index in [1.54, 1.807) is 18.2 Å². The van der Waals surface area contributed by atoms with Crippen LogP contribution in [-0.4, -0.2) is 36.9 Å². The van der Waals surface area contributed by atoms with E-state index in [1.807, 2.05) is 6.92 Å². The van der Waals surface area contributed by atoms with Gasteiger partial charge in [-0.1, -0.05) is 15.9 Å². The molecule has 2 rings (SSSR count). The number of hydrogen-bond acceptors (Lipinski definition) is 3. The standard InChI is InChI=1S/C14H18BrNO4S/c1-10-7-12(4-5-13(10)15)21(19,20)16-6-2-3-11(9-16)8-14(17)18/h4-5,7,11H,2-3,6,8-9H2,1H3,(H,17,18). The number of hydrogen-bond donors (Lipinski definition) is 1. The number of carboxylic acids is 1. The molecule has 116 valence electrons. The molecule has 5 nitrogen and oxygen atoms in total. The summed E-state index contributed by atoms with van der Waals surface area (Å²) in [4.78, 5) is 11.1. The van der Waals surface area contributed by atoms with E-state index in [2.05, 4.69) is 15.9 Å². The van der Waals surface area contributed by atoms with Gasteiger partial charge in [-0.15, -0.1) is 0 Å². The number of rotatable bonds is 4. The molecule has 0 aliphatic carbocycles. The Morgan fingerprint density at radius 1 is 1.48 bits per heavy atom. The van der Waals surface area contributed by atoms with Gasteiger partial charge >= 0.3 is 5.97 Å². The number of carboxylic acid groups (broad SMARTS) is 1. The van der Waals surface area contributed by atoms with Gasteiger partial charge in [0.15, 0.2) is 0 Å². The van der Waals surface area contributed by atoms with Gasteiger partial charge in [-0.05, 0) is 49.4 Å². The van der Waals surface area contributed by atoms with E-state index < -0.39 is 16.0 Å². The van der Waals surface area contributed by atoms with E-state index >= 15 is 0 Å². The Balaban J connectivity index is 2.22. The van der Waals surface area contributed by atoms with Gasteiger partial charge in [0.1, 0.15) is 0 Å². The molecule has 0 aromatic heterocycles. The van der Waals surface area contributed by atoms with Crippen LogP contribution in [0.15, 0.2) is 27.6 Å². The third-order valence-corrected chi connectivity index (χ3v) is 6.46. The Morgan fingerprint density at radius 3 is 2.81 bits per heavy atom. The van der Waals surface area contributed by atoms with E-state index in [-0.39, 0.29) is 23.8 Å². The number of aryl methyl sites for hydroxylation is 1. The fraction of sp³-hybridized carbons (Fsp3) is 0.500. The van der Waals surface area contributed by atoms with Crippen molar-refractivity contribution in [3.8, 4) is 0 Å². The summed E-state index contributed by atoms with van der Waals surface area (Å²) in [5, 5.41) is 8.87. The van der Waals surface area contributed by atoms with Crippen LogP contribution in [0, 0.1) is 12.8 Å². The molecule has 1 aliphatic heterocycles. The minimum absolute atomic E-state index is 0.0192. The van der Waals surface area contributed by atoms with E-state index in [9.17, 15) is 13.2 Å². The van der Waals surface area contributed by atoms with Crippen LogP contribution >= 0.6 is 15.9 Å². The van der Waals surface area contributed by atoms with Crippen LogP contribution in [0.2, 0.25) is 0 Å². The Hall–Kier alpha value is -0.920. The Labute approximate surface area is 133 Å². The number of aliphatic carboxylic acids is 1. The zero-order valence-corrected chi connectivity index (χ0v) is 14.2. The minimum Gasteiger partial charge on any atom is -0.481 e. The van der Waals surface area contributed by atoms with Gasteiger partial charge in [-0.2, -0.15) is 4.31 Å². The molecule has 21 heavy (non-hydrogen) atoms. The average molecular weight is 376 g/mol. The van der Waals surface area contributed by atoms with Crippen molar-refractivity contribution in [2.45, 2.75) is 31.1 Å². The van der Waals surface area contributed by atoms with Crippen molar-refractivity contribution in [3.63, 3.8) is 0 Å². The predicted molar refractivity (Wildman–Crippen MR) is 82.6 cm³/mol. The summed E-state index contributed by atoms with van der Waals surface area (Å²) in [5.74, 6) is -0.985.